The first-order chi connectivity index (χ1) is 14.5. The fourth-order valence-corrected chi connectivity index (χ4v) is 5.08. The number of hydrogen-bond donors (Lipinski definition) is 2. The van der Waals surface area contributed by atoms with E-state index in [2.05, 4.69) is 29.6 Å². The van der Waals surface area contributed by atoms with Gasteiger partial charge in [-0.1, -0.05) is 55.5 Å². The van der Waals surface area contributed by atoms with E-state index in [1.165, 1.54) is 22.3 Å². The molecule has 1 saturated carbocycles. The van der Waals surface area contributed by atoms with Crippen molar-refractivity contribution in [2.75, 3.05) is 6.61 Å². The summed E-state index contributed by atoms with van der Waals surface area (Å²) in [7, 11) is 0. The Kier molecular flexibility index (Phi) is 6.07. The molecule has 2 aliphatic carbocycles. The smallest absolute Gasteiger partial charge is 0.407 e. The van der Waals surface area contributed by atoms with Crippen LogP contribution in [-0.2, 0) is 9.53 Å². The lowest BCUT2D eigenvalue weighted by Crippen LogP contribution is -2.39. The Labute approximate surface area is 177 Å². The zero-order valence-electron chi connectivity index (χ0n) is 17.3. The normalized spacial score (nSPS) is 21.4. The molecule has 5 heteroatoms. The van der Waals surface area contributed by atoms with E-state index in [1.807, 2.05) is 31.2 Å². The molecule has 0 aromatic heterocycles. The zero-order chi connectivity index (χ0) is 21.1. The van der Waals surface area contributed by atoms with Crippen LogP contribution in [-0.4, -0.2) is 29.8 Å². The minimum atomic E-state index is -0.735. The number of carbonyl (C=O) groups excluding carboxylic acids is 1. The molecule has 1 amide bonds. The lowest BCUT2D eigenvalue weighted by Gasteiger charge is -2.32. The highest BCUT2D eigenvalue weighted by Gasteiger charge is 2.30. The number of fused-ring (bicyclic) bond motifs is 3. The van der Waals surface area contributed by atoms with Crippen LogP contribution in [0.5, 0.6) is 0 Å². The first kappa shape index (κ1) is 20.5. The summed E-state index contributed by atoms with van der Waals surface area (Å²) < 4.78 is 5.64. The average Bonchev–Trinajstić information content (AvgIpc) is 3.06. The molecule has 1 fully saturated rings. The zero-order valence-corrected chi connectivity index (χ0v) is 17.3. The maximum absolute atomic E-state index is 12.4. The van der Waals surface area contributed by atoms with E-state index in [4.69, 9.17) is 9.84 Å². The number of carbonyl (C=O) groups is 2. The summed E-state index contributed by atoms with van der Waals surface area (Å²) in [6.45, 7) is 2.34. The third-order valence-electron chi connectivity index (χ3n) is 6.74. The highest BCUT2D eigenvalue weighted by Crippen LogP contribution is 2.44. The van der Waals surface area contributed by atoms with E-state index in [1.54, 1.807) is 0 Å². The van der Waals surface area contributed by atoms with E-state index < -0.39 is 5.97 Å². The largest absolute Gasteiger partial charge is 0.481 e. The summed E-state index contributed by atoms with van der Waals surface area (Å²) in [5.74, 6) is -0.0725. The van der Waals surface area contributed by atoms with Crippen molar-refractivity contribution in [3.8, 4) is 11.1 Å². The SMILES string of the molecule is CC(CC(=O)O)C1CCC(NC(=O)OCC2c3ccccc3-c3ccccc32)CC1. The van der Waals surface area contributed by atoms with E-state index in [0.29, 0.717) is 12.5 Å². The molecule has 1 atom stereocenters. The summed E-state index contributed by atoms with van der Waals surface area (Å²) in [4.78, 5) is 23.4. The first-order valence-electron chi connectivity index (χ1n) is 10.9. The van der Waals surface area contributed by atoms with Gasteiger partial charge in [-0.25, -0.2) is 4.79 Å². The van der Waals surface area contributed by atoms with Gasteiger partial charge >= 0.3 is 12.1 Å². The van der Waals surface area contributed by atoms with Gasteiger partial charge in [-0.2, -0.15) is 0 Å². The van der Waals surface area contributed by atoms with E-state index in [0.717, 1.165) is 25.7 Å². The molecule has 0 aliphatic heterocycles. The van der Waals surface area contributed by atoms with Gasteiger partial charge in [0, 0.05) is 18.4 Å². The maximum atomic E-state index is 12.4. The van der Waals surface area contributed by atoms with Gasteiger partial charge in [0.05, 0.1) is 0 Å². The fraction of sp³-hybridized carbons (Fsp3) is 0.440. The number of aliphatic carboxylic acids is 1. The molecule has 0 radical (unpaired) electrons. The monoisotopic (exact) mass is 407 g/mol. The molecule has 2 N–H and O–H groups in total. The molecule has 2 aliphatic rings. The van der Waals surface area contributed by atoms with Gasteiger partial charge in [0.15, 0.2) is 0 Å². The van der Waals surface area contributed by atoms with Crippen LogP contribution in [0.15, 0.2) is 48.5 Å². The average molecular weight is 408 g/mol. The second-order valence-corrected chi connectivity index (χ2v) is 8.66. The standard InChI is InChI=1S/C25H29NO4/c1-16(14-24(27)28)17-10-12-18(13-11-17)26-25(29)30-15-23-21-8-4-2-6-19(21)20-7-3-5-9-22(20)23/h2-9,16-18,23H,10-15H2,1H3,(H,26,29)(H,27,28). The fourth-order valence-electron chi connectivity index (χ4n) is 5.08. The third-order valence-corrected chi connectivity index (χ3v) is 6.74. The van der Waals surface area contributed by atoms with Crippen LogP contribution < -0.4 is 5.32 Å². The van der Waals surface area contributed by atoms with Crippen molar-refractivity contribution >= 4 is 12.1 Å². The number of rotatable bonds is 6. The van der Waals surface area contributed by atoms with Crippen LogP contribution in [0.2, 0.25) is 0 Å². The first-order valence-corrected chi connectivity index (χ1v) is 10.9. The van der Waals surface area contributed by atoms with E-state index >= 15 is 0 Å². The lowest BCUT2D eigenvalue weighted by atomic mass is 9.78. The maximum Gasteiger partial charge on any atom is 0.407 e. The van der Waals surface area contributed by atoms with Crippen molar-refractivity contribution in [3.05, 3.63) is 59.7 Å². The molecule has 1 unspecified atom stereocenters. The second kappa shape index (κ2) is 8.90. The van der Waals surface area contributed by atoms with Crippen molar-refractivity contribution in [1.29, 1.82) is 0 Å². The molecule has 0 saturated heterocycles. The highest BCUT2D eigenvalue weighted by atomic mass is 16.5. The van der Waals surface area contributed by atoms with Crippen LogP contribution in [0.1, 0.15) is 56.1 Å². The number of alkyl carbamates (subject to hydrolysis) is 1. The van der Waals surface area contributed by atoms with Crippen LogP contribution in [0.4, 0.5) is 4.79 Å². The van der Waals surface area contributed by atoms with E-state index in [-0.39, 0.29) is 30.4 Å². The Hall–Kier alpha value is -2.82. The van der Waals surface area contributed by atoms with Gasteiger partial charge in [-0.15, -0.1) is 0 Å². The number of ether oxygens (including phenoxy) is 1. The Balaban J connectivity index is 1.30. The Morgan fingerprint density at radius 2 is 1.57 bits per heavy atom. The minimum absolute atomic E-state index is 0.0655. The number of nitrogens with one attached hydrogen (secondary N) is 1. The molecular weight excluding hydrogens is 378 g/mol. The van der Waals surface area contributed by atoms with Crippen molar-refractivity contribution in [1.82, 2.24) is 5.32 Å². The predicted molar refractivity (Wildman–Crippen MR) is 115 cm³/mol. The predicted octanol–water partition coefficient (Wildman–Crippen LogP) is 5.19. The molecule has 30 heavy (non-hydrogen) atoms. The van der Waals surface area contributed by atoms with Gasteiger partial charge < -0.3 is 15.2 Å². The van der Waals surface area contributed by atoms with Gasteiger partial charge in [-0.05, 0) is 59.8 Å². The Morgan fingerprint density at radius 1 is 1.00 bits per heavy atom. The van der Waals surface area contributed by atoms with Crippen molar-refractivity contribution in [3.63, 3.8) is 0 Å². The molecule has 4 rings (SSSR count). The molecular formula is C25H29NO4. The minimum Gasteiger partial charge on any atom is -0.481 e. The molecule has 2 aromatic carbocycles. The highest BCUT2D eigenvalue weighted by molar-refractivity contribution is 5.79. The topological polar surface area (TPSA) is 75.6 Å². The Morgan fingerprint density at radius 3 is 2.13 bits per heavy atom. The van der Waals surface area contributed by atoms with Crippen molar-refractivity contribution < 1.29 is 19.4 Å². The van der Waals surface area contributed by atoms with Crippen LogP contribution in [0.3, 0.4) is 0 Å². The summed E-state index contributed by atoms with van der Waals surface area (Å²) in [5, 5.41) is 12.0. The number of benzene rings is 2. The molecule has 5 nitrogen and oxygen atoms in total. The summed E-state index contributed by atoms with van der Waals surface area (Å²) in [5.41, 5.74) is 4.85. The molecule has 0 bridgehead atoms. The molecule has 2 aromatic rings. The Bertz CT molecular complexity index is 871. The molecule has 158 valence electrons. The van der Waals surface area contributed by atoms with Gasteiger partial charge in [0.2, 0.25) is 0 Å². The van der Waals surface area contributed by atoms with Gasteiger partial charge in [0.25, 0.3) is 0 Å². The van der Waals surface area contributed by atoms with Gasteiger partial charge in [0.1, 0.15) is 6.61 Å². The van der Waals surface area contributed by atoms with Crippen molar-refractivity contribution in [2.45, 2.75) is 51.0 Å². The summed E-state index contributed by atoms with van der Waals surface area (Å²) >= 11 is 0. The van der Waals surface area contributed by atoms with E-state index in [9.17, 15) is 9.59 Å². The molecule has 0 spiro atoms. The number of amides is 1. The molecule has 0 heterocycles. The quantitative estimate of drug-likeness (QED) is 0.691. The number of carboxylic acid groups (broad SMARTS) is 1. The number of hydrogen-bond acceptors (Lipinski definition) is 3. The summed E-state index contributed by atoms with van der Waals surface area (Å²) in [6, 6.07) is 16.7. The van der Waals surface area contributed by atoms with Crippen LogP contribution in [0.25, 0.3) is 11.1 Å². The van der Waals surface area contributed by atoms with Crippen LogP contribution in [0, 0.1) is 11.8 Å². The third kappa shape index (κ3) is 4.35. The lowest BCUT2D eigenvalue weighted by molar-refractivity contribution is -0.138. The van der Waals surface area contributed by atoms with Crippen LogP contribution >= 0.6 is 0 Å². The second-order valence-electron chi connectivity index (χ2n) is 8.66. The number of carboxylic acids is 1. The van der Waals surface area contributed by atoms with Gasteiger partial charge in [-0.3, -0.25) is 4.79 Å². The summed E-state index contributed by atoms with van der Waals surface area (Å²) in [6.07, 6.45) is 3.50. The van der Waals surface area contributed by atoms with Crippen molar-refractivity contribution in [2.24, 2.45) is 11.8 Å².